The average molecular weight is 1010 g/mol. The van der Waals surface area contributed by atoms with Gasteiger partial charge in [-0.3, -0.25) is 19.5 Å². The number of benzene rings is 4. The van der Waals surface area contributed by atoms with Gasteiger partial charge < -0.3 is 24.3 Å². The Morgan fingerprint density at radius 3 is 2.38 bits per heavy atom. The van der Waals surface area contributed by atoms with Gasteiger partial charge in [0.2, 0.25) is 0 Å². The first kappa shape index (κ1) is 51.9. The summed E-state index contributed by atoms with van der Waals surface area (Å²) in [7, 11) is 2.40. The average Bonchev–Trinajstić information content (AvgIpc) is 3.65. The van der Waals surface area contributed by atoms with Crippen LogP contribution in [0.4, 0.5) is 18.9 Å². The molecule has 380 valence electrons. The highest BCUT2D eigenvalue weighted by Crippen LogP contribution is 2.58. The summed E-state index contributed by atoms with van der Waals surface area (Å²) in [5.41, 5.74) is 5.07. The predicted molar refractivity (Wildman–Crippen MR) is 268 cm³/mol. The van der Waals surface area contributed by atoms with Gasteiger partial charge in [-0.05, 0) is 158 Å². The van der Waals surface area contributed by atoms with Gasteiger partial charge in [0.25, 0.3) is 5.91 Å². The highest BCUT2D eigenvalue weighted by molar-refractivity contribution is 6.31. The van der Waals surface area contributed by atoms with E-state index in [2.05, 4.69) is 36.3 Å². The van der Waals surface area contributed by atoms with E-state index in [1.165, 1.54) is 31.4 Å². The van der Waals surface area contributed by atoms with Crippen LogP contribution in [0.2, 0.25) is 5.02 Å². The summed E-state index contributed by atoms with van der Waals surface area (Å²) in [6, 6.07) is 27.7. The minimum Gasteiger partial charge on any atom is -0.493 e. The fourth-order valence-corrected chi connectivity index (χ4v) is 11.8. The fourth-order valence-electron chi connectivity index (χ4n) is 11.6. The lowest BCUT2D eigenvalue weighted by atomic mass is 9.59. The number of amides is 2. The van der Waals surface area contributed by atoms with Crippen molar-refractivity contribution in [3.05, 3.63) is 142 Å². The molecule has 4 atom stereocenters. The maximum Gasteiger partial charge on any atom is 0.471 e. The van der Waals surface area contributed by atoms with Gasteiger partial charge in [0.05, 0.1) is 20.8 Å². The Morgan fingerprint density at radius 2 is 1.67 bits per heavy atom. The molecule has 4 aromatic carbocycles. The quantitative estimate of drug-likeness (QED) is 0.0959. The van der Waals surface area contributed by atoms with Crippen molar-refractivity contribution in [2.75, 3.05) is 32.3 Å². The number of esters is 2. The van der Waals surface area contributed by atoms with Crippen molar-refractivity contribution in [1.29, 1.82) is 0 Å². The highest BCUT2D eigenvalue weighted by atomic mass is 35.5. The minimum atomic E-state index is -5.31. The summed E-state index contributed by atoms with van der Waals surface area (Å²) in [5, 5.41) is 2.85. The molecule has 72 heavy (non-hydrogen) atoms. The van der Waals surface area contributed by atoms with E-state index in [1.54, 1.807) is 12.3 Å². The first-order valence-electron chi connectivity index (χ1n) is 24.6. The summed E-state index contributed by atoms with van der Waals surface area (Å²) < 4.78 is 66.9. The van der Waals surface area contributed by atoms with Gasteiger partial charge in [0.15, 0.2) is 6.61 Å². The van der Waals surface area contributed by atoms with Crippen molar-refractivity contribution >= 4 is 41.0 Å². The van der Waals surface area contributed by atoms with E-state index in [0.29, 0.717) is 36.0 Å². The number of pyridine rings is 1. The molecule has 3 aliphatic rings. The summed E-state index contributed by atoms with van der Waals surface area (Å²) in [5.74, 6) is -2.56. The number of carbonyl (C=O) groups is 4. The summed E-state index contributed by atoms with van der Waals surface area (Å²) >= 11 is 6.32. The largest absolute Gasteiger partial charge is 0.493 e. The minimum absolute atomic E-state index is 0.00908. The molecule has 2 amide bonds. The van der Waals surface area contributed by atoms with Crippen LogP contribution < -0.4 is 19.7 Å². The van der Waals surface area contributed by atoms with Gasteiger partial charge in [0, 0.05) is 34.6 Å². The van der Waals surface area contributed by atoms with Crippen LogP contribution in [0.3, 0.4) is 0 Å². The van der Waals surface area contributed by atoms with Gasteiger partial charge in [-0.2, -0.15) is 13.2 Å². The van der Waals surface area contributed by atoms with E-state index in [1.807, 2.05) is 61.5 Å². The van der Waals surface area contributed by atoms with Crippen LogP contribution in [0.5, 0.6) is 11.5 Å². The SMILES string of the molecule is COC(=O)[C@@H](Cc1ccccc1)NC(=O)COc1ccc(C)c(-c2ccc3c(c2)C2(CCC(C(=O)OC)(N(C(=O)C(F)(F)F)c4cccc(Cl)c4)CC2)[C@@H](C[C@@H](C)COc2ccnc4c2[C@H](C)CCC4)C3)c1. The number of hydrogen-bond acceptors (Lipinski definition) is 9. The molecule has 1 N–H and O–H groups in total. The van der Waals surface area contributed by atoms with Crippen LogP contribution in [0.15, 0.2) is 103 Å². The van der Waals surface area contributed by atoms with Gasteiger partial charge in [-0.1, -0.05) is 86.1 Å². The summed E-state index contributed by atoms with van der Waals surface area (Å²) in [4.78, 5) is 58.8. The van der Waals surface area contributed by atoms with E-state index in [9.17, 15) is 32.3 Å². The van der Waals surface area contributed by atoms with Gasteiger partial charge in [-0.25, -0.2) is 9.59 Å². The van der Waals surface area contributed by atoms with Crippen molar-refractivity contribution in [3.63, 3.8) is 0 Å². The van der Waals surface area contributed by atoms with Crippen LogP contribution in [0.1, 0.15) is 98.2 Å². The van der Waals surface area contributed by atoms with Crippen molar-refractivity contribution in [1.82, 2.24) is 10.3 Å². The summed E-state index contributed by atoms with van der Waals surface area (Å²) in [6.07, 6.45) is 1.48. The Morgan fingerprint density at radius 1 is 0.903 bits per heavy atom. The number of rotatable bonds is 16. The lowest BCUT2D eigenvalue weighted by molar-refractivity contribution is -0.174. The predicted octanol–water partition coefficient (Wildman–Crippen LogP) is 11.0. The third-order valence-electron chi connectivity index (χ3n) is 15.1. The van der Waals surface area contributed by atoms with Crippen LogP contribution in [-0.4, -0.2) is 73.9 Å². The molecule has 1 aromatic heterocycles. The molecule has 0 radical (unpaired) electrons. The van der Waals surface area contributed by atoms with E-state index >= 15 is 0 Å². The normalized spacial score (nSPS) is 21.1. The molecular formula is C57H61ClF3N3O8. The van der Waals surface area contributed by atoms with Crippen LogP contribution in [0.25, 0.3) is 11.1 Å². The smallest absolute Gasteiger partial charge is 0.471 e. The van der Waals surface area contributed by atoms with E-state index in [4.69, 9.17) is 30.5 Å². The van der Waals surface area contributed by atoms with Crippen molar-refractivity contribution in [2.45, 2.75) is 114 Å². The van der Waals surface area contributed by atoms with Crippen LogP contribution >= 0.6 is 11.6 Å². The monoisotopic (exact) mass is 1010 g/mol. The standard InChI is InChI=1S/C57H61ClF3N3O8/c1-35(33-72-49-21-26-62-47-16-9-11-37(3)51(47)49)27-41-29-40-19-18-39(45-32-44(20-17-36(45)2)71-34-50(65)63-48(52(66)69-4)28-38-12-7-6-8-13-38)30-46(40)55(41)22-24-56(25-23-55,54(68)70-5)64(53(67)57(59,60)61)43-15-10-14-42(58)31-43/h6-8,10,12-15,17-21,26,30-32,35,37,41,48H,9,11,16,22-25,27-29,33-34H2,1-5H3,(H,63,65)/t35-,37-,41+,48-,55?,56?/m1/s1. The molecule has 15 heteroatoms. The molecule has 1 saturated carbocycles. The van der Waals surface area contributed by atoms with Crippen molar-refractivity contribution < 1.29 is 51.3 Å². The number of anilines is 1. The Balaban J connectivity index is 1.10. The molecule has 1 heterocycles. The third kappa shape index (κ3) is 10.8. The Labute approximate surface area is 423 Å². The molecule has 0 unspecified atom stereocenters. The maximum atomic E-state index is 14.7. The zero-order valence-electron chi connectivity index (χ0n) is 41.3. The molecule has 0 saturated heterocycles. The number of carbonyl (C=O) groups excluding carboxylic acids is 4. The Hall–Kier alpha value is -6.41. The molecule has 0 bridgehead atoms. The number of aromatic nitrogens is 1. The van der Waals surface area contributed by atoms with Crippen LogP contribution in [-0.2, 0) is 53.3 Å². The molecule has 8 rings (SSSR count). The number of methoxy groups -OCH3 is 2. The fraction of sp³-hybridized carbons (Fsp3) is 0.421. The number of nitrogens with one attached hydrogen (secondary N) is 1. The number of halogens is 4. The molecule has 3 aliphatic carbocycles. The van der Waals surface area contributed by atoms with Gasteiger partial charge >= 0.3 is 24.0 Å². The molecule has 1 fully saturated rings. The van der Waals surface area contributed by atoms with E-state index < -0.39 is 46.9 Å². The molecule has 5 aromatic rings. The van der Waals surface area contributed by atoms with E-state index in [0.717, 1.165) is 76.8 Å². The first-order valence-corrected chi connectivity index (χ1v) is 25.0. The second-order valence-corrected chi connectivity index (χ2v) is 20.2. The van der Waals surface area contributed by atoms with Crippen molar-refractivity contribution in [3.8, 4) is 22.6 Å². The highest BCUT2D eigenvalue weighted by Gasteiger charge is 2.60. The molecule has 11 nitrogen and oxygen atoms in total. The number of aryl methyl sites for hydroxylation is 2. The molecule has 1 spiro atoms. The zero-order chi connectivity index (χ0) is 51.4. The lowest BCUT2D eigenvalue weighted by Crippen LogP contribution is -2.63. The first-order chi connectivity index (χ1) is 34.5. The lowest BCUT2D eigenvalue weighted by Gasteiger charge is -2.51. The maximum absolute atomic E-state index is 14.7. The second-order valence-electron chi connectivity index (χ2n) is 19.8. The van der Waals surface area contributed by atoms with Gasteiger partial charge in [-0.15, -0.1) is 0 Å². The topological polar surface area (TPSA) is 133 Å². The summed E-state index contributed by atoms with van der Waals surface area (Å²) in [6.45, 7) is 6.40. The second kappa shape index (κ2) is 21.7. The Kier molecular flexibility index (Phi) is 15.7. The number of ether oxygens (including phenoxy) is 4. The molecular weight excluding hydrogens is 947 g/mol. The number of nitrogens with zero attached hydrogens (tertiary/aromatic N) is 2. The van der Waals surface area contributed by atoms with Gasteiger partial charge in [0.1, 0.15) is 23.1 Å². The number of fused-ring (bicyclic) bond motifs is 3. The van der Waals surface area contributed by atoms with E-state index in [-0.39, 0.29) is 61.3 Å². The zero-order valence-corrected chi connectivity index (χ0v) is 42.0. The van der Waals surface area contributed by atoms with Crippen molar-refractivity contribution in [2.24, 2.45) is 11.8 Å². The molecule has 0 aliphatic heterocycles. The number of hydrogen-bond donors (Lipinski definition) is 1. The van der Waals surface area contributed by atoms with Crippen LogP contribution in [0, 0.1) is 18.8 Å². The number of alkyl halides is 3. The Bertz CT molecular complexity index is 2800. The third-order valence-corrected chi connectivity index (χ3v) is 15.4.